The molecule has 0 saturated carbocycles. The van der Waals surface area contributed by atoms with Gasteiger partial charge < -0.3 is 9.47 Å². The van der Waals surface area contributed by atoms with Gasteiger partial charge in [-0.05, 0) is 18.9 Å². The molecule has 0 unspecified atom stereocenters. The van der Waals surface area contributed by atoms with E-state index in [-0.39, 0.29) is 0 Å². The van der Waals surface area contributed by atoms with Gasteiger partial charge in [-0.1, -0.05) is 27.3 Å². The fraction of sp³-hybridized carbons (Fsp3) is 1.00. The first-order valence-electron chi connectivity index (χ1n) is 5.53. The molecule has 0 N–H and O–H groups in total. The molecule has 0 aliphatic carbocycles. The highest BCUT2D eigenvalue weighted by molar-refractivity contribution is 6.81. The van der Waals surface area contributed by atoms with E-state index in [1.54, 1.807) is 0 Å². The smallest absolute Gasteiger partial charge is 0.115 e. The molecule has 2 nitrogen and oxygen atoms in total. The predicted octanol–water partition coefficient (Wildman–Crippen LogP) is 3.02. The van der Waals surface area contributed by atoms with E-state index in [4.69, 9.17) is 9.47 Å². The number of hydrogen-bond donors (Lipinski definition) is 0. The van der Waals surface area contributed by atoms with Crippen LogP contribution >= 0.6 is 0 Å². The molecule has 0 radical (unpaired) electrons. The monoisotopic (exact) mass is 218 g/mol. The maximum absolute atomic E-state index is 5.60. The first-order valence-corrected chi connectivity index (χ1v) is 8.44. The Bertz CT molecular complexity index is 144. The second-order valence-corrected chi connectivity index (χ2v) is 10.3. The molecule has 0 spiro atoms. The van der Waals surface area contributed by atoms with Gasteiger partial charge in [0.15, 0.2) is 0 Å². The molecule has 0 aromatic heterocycles. The van der Waals surface area contributed by atoms with E-state index in [9.17, 15) is 0 Å². The summed E-state index contributed by atoms with van der Waals surface area (Å²) in [6.45, 7) is 15.0. The topological polar surface area (TPSA) is 18.5 Å². The maximum Gasteiger partial charge on any atom is 0.115 e. The maximum atomic E-state index is 5.60. The predicted molar refractivity (Wildman–Crippen MR) is 64.3 cm³/mol. The third-order valence-electron chi connectivity index (χ3n) is 3.06. The minimum absolute atomic E-state index is 0.345. The Morgan fingerprint density at radius 1 is 0.929 bits per heavy atom. The molecule has 0 aromatic rings. The lowest BCUT2D eigenvalue weighted by Gasteiger charge is -2.39. The summed E-state index contributed by atoms with van der Waals surface area (Å²) in [5, 5.41) is 0.345. The quantitative estimate of drug-likeness (QED) is 0.638. The van der Waals surface area contributed by atoms with Crippen LogP contribution < -0.4 is 0 Å². The summed E-state index contributed by atoms with van der Waals surface area (Å²) in [6.07, 6.45) is 1.82. The highest BCUT2D eigenvalue weighted by Gasteiger charge is 2.40. The normalized spacial score (nSPS) is 13.3. The Morgan fingerprint density at radius 3 is 1.50 bits per heavy atom. The van der Waals surface area contributed by atoms with Crippen molar-refractivity contribution >= 4 is 8.07 Å². The zero-order valence-corrected chi connectivity index (χ0v) is 11.6. The van der Waals surface area contributed by atoms with E-state index in [0.717, 1.165) is 25.7 Å². The molecule has 0 amide bonds. The lowest BCUT2D eigenvalue weighted by molar-refractivity contribution is 0.158. The third kappa shape index (κ3) is 4.11. The molecule has 86 valence electrons. The van der Waals surface area contributed by atoms with Crippen LogP contribution in [0.1, 0.15) is 34.6 Å². The van der Waals surface area contributed by atoms with Crippen LogP contribution in [0.4, 0.5) is 0 Å². The highest BCUT2D eigenvalue weighted by atomic mass is 28.3. The van der Waals surface area contributed by atoms with Crippen molar-refractivity contribution in [2.24, 2.45) is 0 Å². The van der Waals surface area contributed by atoms with Gasteiger partial charge in [0.1, 0.15) is 8.07 Å². The van der Waals surface area contributed by atoms with Gasteiger partial charge in [-0.15, -0.1) is 0 Å². The van der Waals surface area contributed by atoms with Crippen molar-refractivity contribution in [1.82, 2.24) is 0 Å². The van der Waals surface area contributed by atoms with Gasteiger partial charge in [-0.3, -0.25) is 0 Å². The third-order valence-corrected chi connectivity index (χ3v) is 8.36. The first kappa shape index (κ1) is 14.1. The highest BCUT2D eigenvalue weighted by Crippen LogP contribution is 2.36. The molecular formula is C11H26O2Si. The largest absolute Gasteiger partial charge is 0.385 e. The molecule has 14 heavy (non-hydrogen) atoms. The van der Waals surface area contributed by atoms with Gasteiger partial charge >= 0.3 is 0 Å². The number of rotatable bonds is 6. The second kappa shape index (κ2) is 5.88. The molecule has 0 heterocycles. The van der Waals surface area contributed by atoms with E-state index < -0.39 is 8.07 Å². The zero-order valence-electron chi connectivity index (χ0n) is 10.6. The van der Waals surface area contributed by atoms with Crippen molar-refractivity contribution < 1.29 is 9.47 Å². The van der Waals surface area contributed by atoms with E-state index in [1.165, 1.54) is 0 Å². The van der Waals surface area contributed by atoms with Crippen molar-refractivity contribution in [1.29, 1.82) is 0 Å². The van der Waals surface area contributed by atoms with Gasteiger partial charge in [0.25, 0.3) is 0 Å². The van der Waals surface area contributed by atoms with Gasteiger partial charge in [-0.2, -0.15) is 0 Å². The molecule has 0 aliphatic rings. The average molecular weight is 218 g/mol. The Labute approximate surface area is 90.0 Å². The van der Waals surface area contributed by atoms with Crippen LogP contribution in [0.25, 0.3) is 0 Å². The van der Waals surface area contributed by atoms with Crippen molar-refractivity contribution in [3.8, 4) is 0 Å². The van der Waals surface area contributed by atoms with Crippen molar-refractivity contribution in [2.75, 3.05) is 25.7 Å². The number of hydrogen-bond acceptors (Lipinski definition) is 2. The fourth-order valence-electron chi connectivity index (χ4n) is 1.13. The summed E-state index contributed by atoms with van der Waals surface area (Å²) < 4.78 is 11.2. The van der Waals surface area contributed by atoms with E-state index in [0.29, 0.717) is 5.04 Å². The Morgan fingerprint density at radius 2 is 1.29 bits per heavy atom. The zero-order chi connectivity index (χ0) is 11.2. The van der Waals surface area contributed by atoms with Gasteiger partial charge in [0, 0.05) is 25.7 Å². The molecule has 0 atom stereocenters. The number of ether oxygens (including phenoxy) is 2. The lowest BCUT2D eigenvalue weighted by atomic mass is 10.2. The van der Waals surface area contributed by atoms with E-state index >= 15 is 0 Å². The van der Waals surface area contributed by atoms with Gasteiger partial charge in [-0.25, -0.2) is 0 Å². The summed E-state index contributed by atoms with van der Waals surface area (Å²) in [6, 6.07) is 0. The van der Waals surface area contributed by atoms with Crippen LogP contribution in [-0.2, 0) is 9.47 Å². The average Bonchev–Trinajstić information content (AvgIpc) is 2.09. The summed E-state index contributed by atoms with van der Waals surface area (Å²) in [7, 11) is -1.44. The molecule has 0 aliphatic heterocycles. The molecule has 0 bridgehead atoms. The standard InChI is InChI=1S/C11H26O2Si/c1-7-12-9-14(6,10-13-8-2)11(3,4)5/h7-10H2,1-6H3. The molecule has 0 rings (SSSR count). The van der Waals surface area contributed by atoms with Gasteiger partial charge in [0.05, 0.1) is 0 Å². The van der Waals surface area contributed by atoms with E-state index in [2.05, 4.69) is 41.2 Å². The van der Waals surface area contributed by atoms with Crippen molar-refractivity contribution in [3.05, 3.63) is 0 Å². The first-order chi connectivity index (χ1) is 6.37. The van der Waals surface area contributed by atoms with Crippen LogP contribution in [0.2, 0.25) is 11.6 Å². The molecule has 3 heteroatoms. The molecule has 0 aromatic carbocycles. The van der Waals surface area contributed by atoms with Crippen LogP contribution in [0.15, 0.2) is 0 Å². The SMILES string of the molecule is CCOC[Si](C)(COCC)C(C)(C)C. The Hall–Kier alpha value is 0.137. The van der Waals surface area contributed by atoms with Crippen molar-refractivity contribution in [3.63, 3.8) is 0 Å². The van der Waals surface area contributed by atoms with Gasteiger partial charge in [0.2, 0.25) is 0 Å². The van der Waals surface area contributed by atoms with Crippen molar-refractivity contribution in [2.45, 2.75) is 46.2 Å². The van der Waals surface area contributed by atoms with Crippen LogP contribution in [-0.4, -0.2) is 33.7 Å². The lowest BCUT2D eigenvalue weighted by Crippen LogP contribution is -2.50. The second-order valence-electron chi connectivity index (χ2n) is 5.08. The van der Waals surface area contributed by atoms with Crippen LogP contribution in [0, 0.1) is 0 Å². The fourth-order valence-corrected chi connectivity index (χ4v) is 3.39. The molecular weight excluding hydrogens is 192 g/mol. The summed E-state index contributed by atoms with van der Waals surface area (Å²) >= 11 is 0. The van der Waals surface area contributed by atoms with Crippen LogP contribution in [0.5, 0.6) is 0 Å². The molecule has 0 saturated heterocycles. The molecule has 0 fully saturated rings. The minimum Gasteiger partial charge on any atom is -0.385 e. The Balaban J connectivity index is 4.33. The summed E-state index contributed by atoms with van der Waals surface area (Å²) in [5.74, 6) is 0. The Kier molecular flexibility index (Phi) is 5.94. The minimum atomic E-state index is -1.44. The summed E-state index contributed by atoms with van der Waals surface area (Å²) in [4.78, 5) is 0. The van der Waals surface area contributed by atoms with E-state index in [1.807, 2.05) is 0 Å². The summed E-state index contributed by atoms with van der Waals surface area (Å²) in [5.41, 5.74) is 0. The van der Waals surface area contributed by atoms with Crippen LogP contribution in [0.3, 0.4) is 0 Å².